The van der Waals surface area contributed by atoms with E-state index in [0.717, 1.165) is 6.42 Å². The molecule has 0 atom stereocenters. The summed E-state index contributed by atoms with van der Waals surface area (Å²) in [6.07, 6.45) is 1.49. The summed E-state index contributed by atoms with van der Waals surface area (Å²) in [4.78, 5) is 0. The zero-order chi connectivity index (χ0) is 8.10. The molecule has 0 saturated carbocycles. The Bertz CT molecular complexity index is 253. The zero-order valence-corrected chi connectivity index (χ0v) is 6.67. The lowest BCUT2D eigenvalue weighted by atomic mass is 10.1. The molecule has 0 aliphatic carbocycles. The number of benzene rings is 1. The number of nitriles is 1. The third-order valence-corrected chi connectivity index (χ3v) is 1.65. The number of aryl methyl sites for hydroxylation is 2. The fourth-order valence-corrected chi connectivity index (χ4v) is 0.955. The predicted octanol–water partition coefficient (Wildman–Crippen LogP) is 2.45. The molecular formula is C10H11N. The van der Waals surface area contributed by atoms with Crippen LogP contribution in [0.5, 0.6) is 0 Å². The standard InChI is InChI=1S/C10H11N/c1-9-4-6-10(7-5-9)3-2-8-11/h4-7H,2-3H2,1H3. The monoisotopic (exact) mass is 145 g/mol. The van der Waals surface area contributed by atoms with E-state index in [0.29, 0.717) is 6.42 Å². The topological polar surface area (TPSA) is 23.8 Å². The van der Waals surface area contributed by atoms with E-state index < -0.39 is 0 Å². The molecule has 1 heteroatoms. The Balaban J connectivity index is 2.60. The van der Waals surface area contributed by atoms with Crippen molar-refractivity contribution < 1.29 is 0 Å². The Hall–Kier alpha value is -1.29. The van der Waals surface area contributed by atoms with E-state index in [1.54, 1.807) is 0 Å². The van der Waals surface area contributed by atoms with Crippen molar-refractivity contribution in [2.45, 2.75) is 19.8 Å². The van der Waals surface area contributed by atoms with Crippen molar-refractivity contribution in [3.05, 3.63) is 35.4 Å². The summed E-state index contributed by atoms with van der Waals surface area (Å²) >= 11 is 0. The summed E-state index contributed by atoms with van der Waals surface area (Å²) in [5, 5.41) is 8.33. The second-order valence-corrected chi connectivity index (χ2v) is 2.64. The maximum atomic E-state index is 8.33. The highest BCUT2D eigenvalue weighted by Crippen LogP contribution is 2.04. The summed E-state index contributed by atoms with van der Waals surface area (Å²) < 4.78 is 0. The van der Waals surface area contributed by atoms with Crippen molar-refractivity contribution >= 4 is 0 Å². The van der Waals surface area contributed by atoms with Crippen LogP contribution in [0.2, 0.25) is 0 Å². The molecule has 0 N–H and O–H groups in total. The van der Waals surface area contributed by atoms with Gasteiger partial charge in [0.15, 0.2) is 0 Å². The quantitative estimate of drug-likeness (QED) is 0.627. The van der Waals surface area contributed by atoms with E-state index in [-0.39, 0.29) is 0 Å². The first-order chi connectivity index (χ1) is 5.33. The Morgan fingerprint density at radius 2 is 1.91 bits per heavy atom. The summed E-state index contributed by atoms with van der Waals surface area (Å²) in [7, 11) is 0. The average molecular weight is 145 g/mol. The Kier molecular flexibility index (Phi) is 2.68. The smallest absolute Gasteiger partial charge is 0.0625 e. The molecule has 11 heavy (non-hydrogen) atoms. The highest BCUT2D eigenvalue weighted by Gasteiger charge is 1.90. The molecule has 0 unspecified atom stereocenters. The molecule has 0 amide bonds. The van der Waals surface area contributed by atoms with Gasteiger partial charge in [0.05, 0.1) is 6.07 Å². The molecule has 1 aromatic carbocycles. The fraction of sp³-hybridized carbons (Fsp3) is 0.300. The van der Waals surface area contributed by atoms with E-state index >= 15 is 0 Å². The second-order valence-electron chi connectivity index (χ2n) is 2.64. The Morgan fingerprint density at radius 1 is 1.27 bits per heavy atom. The van der Waals surface area contributed by atoms with Gasteiger partial charge in [-0.2, -0.15) is 5.26 Å². The molecule has 0 spiro atoms. The number of rotatable bonds is 2. The number of nitrogens with zero attached hydrogens (tertiary/aromatic N) is 1. The Morgan fingerprint density at radius 3 is 2.45 bits per heavy atom. The number of hydrogen-bond acceptors (Lipinski definition) is 1. The van der Waals surface area contributed by atoms with Crippen molar-refractivity contribution in [2.24, 2.45) is 0 Å². The normalized spacial score (nSPS) is 9.09. The van der Waals surface area contributed by atoms with Crippen LogP contribution in [0.1, 0.15) is 17.5 Å². The predicted molar refractivity (Wildman–Crippen MR) is 45.1 cm³/mol. The molecule has 0 aliphatic heterocycles. The molecule has 1 aromatic rings. The molecule has 0 radical (unpaired) electrons. The minimum atomic E-state index is 0.614. The van der Waals surface area contributed by atoms with Crippen molar-refractivity contribution in [1.82, 2.24) is 0 Å². The van der Waals surface area contributed by atoms with Gasteiger partial charge in [0.2, 0.25) is 0 Å². The van der Waals surface area contributed by atoms with Crippen molar-refractivity contribution in [3.63, 3.8) is 0 Å². The largest absolute Gasteiger partial charge is 0.198 e. The maximum Gasteiger partial charge on any atom is 0.0625 e. The van der Waals surface area contributed by atoms with Crippen molar-refractivity contribution in [2.75, 3.05) is 0 Å². The van der Waals surface area contributed by atoms with Gasteiger partial charge in [-0.05, 0) is 18.9 Å². The molecule has 1 rings (SSSR count). The number of hydrogen-bond donors (Lipinski definition) is 0. The van der Waals surface area contributed by atoms with Crippen molar-refractivity contribution in [1.29, 1.82) is 5.26 Å². The molecule has 0 heterocycles. The molecule has 0 saturated heterocycles. The van der Waals surface area contributed by atoms with Gasteiger partial charge in [0, 0.05) is 6.42 Å². The average Bonchev–Trinajstić information content (AvgIpc) is 2.04. The van der Waals surface area contributed by atoms with Crippen LogP contribution < -0.4 is 0 Å². The summed E-state index contributed by atoms with van der Waals surface area (Å²) in [5.74, 6) is 0. The molecule has 0 fully saturated rings. The lowest BCUT2D eigenvalue weighted by Crippen LogP contribution is -1.82. The first-order valence-electron chi connectivity index (χ1n) is 3.75. The highest BCUT2D eigenvalue weighted by atomic mass is 14.2. The van der Waals surface area contributed by atoms with E-state index in [4.69, 9.17) is 5.26 Å². The third-order valence-electron chi connectivity index (χ3n) is 1.65. The molecular weight excluding hydrogens is 134 g/mol. The lowest BCUT2D eigenvalue weighted by Gasteiger charge is -1.96. The van der Waals surface area contributed by atoms with Gasteiger partial charge in [-0.15, -0.1) is 0 Å². The van der Waals surface area contributed by atoms with E-state index in [2.05, 4.69) is 37.3 Å². The van der Waals surface area contributed by atoms with Crippen LogP contribution in [0.3, 0.4) is 0 Å². The van der Waals surface area contributed by atoms with Crippen molar-refractivity contribution in [3.8, 4) is 6.07 Å². The van der Waals surface area contributed by atoms with Crippen LogP contribution in [0.4, 0.5) is 0 Å². The first-order valence-corrected chi connectivity index (χ1v) is 3.75. The Labute approximate surface area is 67.3 Å². The SMILES string of the molecule is Cc1ccc(CCC#N)cc1. The van der Waals surface area contributed by atoms with Gasteiger partial charge in [-0.1, -0.05) is 29.8 Å². The minimum Gasteiger partial charge on any atom is -0.198 e. The molecule has 56 valence electrons. The van der Waals surface area contributed by atoms with Crippen LogP contribution >= 0.6 is 0 Å². The van der Waals surface area contributed by atoms with Crippen LogP contribution in [0.15, 0.2) is 24.3 Å². The first kappa shape index (κ1) is 7.81. The summed E-state index contributed by atoms with van der Waals surface area (Å²) in [5.41, 5.74) is 2.52. The highest BCUT2D eigenvalue weighted by molar-refractivity contribution is 5.21. The van der Waals surface area contributed by atoms with Gasteiger partial charge in [0.1, 0.15) is 0 Å². The van der Waals surface area contributed by atoms with Gasteiger partial charge in [-0.3, -0.25) is 0 Å². The lowest BCUT2D eigenvalue weighted by molar-refractivity contribution is 1.01. The van der Waals surface area contributed by atoms with Crippen LogP contribution in [-0.2, 0) is 6.42 Å². The molecule has 0 aliphatic rings. The molecule has 1 nitrogen and oxygen atoms in total. The minimum absolute atomic E-state index is 0.614. The molecule has 0 aromatic heterocycles. The fourth-order valence-electron chi connectivity index (χ4n) is 0.955. The summed E-state index contributed by atoms with van der Waals surface area (Å²) in [6.45, 7) is 2.06. The van der Waals surface area contributed by atoms with E-state index in [1.807, 2.05) is 0 Å². The molecule has 0 bridgehead atoms. The van der Waals surface area contributed by atoms with Crippen LogP contribution in [-0.4, -0.2) is 0 Å². The van der Waals surface area contributed by atoms with E-state index in [1.165, 1.54) is 11.1 Å². The zero-order valence-electron chi connectivity index (χ0n) is 6.67. The van der Waals surface area contributed by atoms with Gasteiger partial charge in [-0.25, -0.2) is 0 Å². The van der Waals surface area contributed by atoms with Crippen LogP contribution in [0, 0.1) is 18.3 Å². The maximum absolute atomic E-state index is 8.33. The van der Waals surface area contributed by atoms with Crippen LogP contribution in [0.25, 0.3) is 0 Å². The summed E-state index contributed by atoms with van der Waals surface area (Å²) in [6, 6.07) is 10.4. The van der Waals surface area contributed by atoms with Gasteiger partial charge >= 0.3 is 0 Å². The third kappa shape index (κ3) is 2.43. The van der Waals surface area contributed by atoms with Gasteiger partial charge < -0.3 is 0 Å². The van der Waals surface area contributed by atoms with E-state index in [9.17, 15) is 0 Å². The second kappa shape index (κ2) is 3.78. The van der Waals surface area contributed by atoms with Gasteiger partial charge in [0.25, 0.3) is 0 Å².